The smallest absolute Gasteiger partial charge is 0.222 e. The van der Waals surface area contributed by atoms with E-state index in [0.29, 0.717) is 41.7 Å². The minimum absolute atomic E-state index is 0.0448. The van der Waals surface area contributed by atoms with Gasteiger partial charge in [0.25, 0.3) is 0 Å². The molecular weight excluding hydrogens is 584 g/mol. The molecule has 1 amide bonds. The van der Waals surface area contributed by atoms with Crippen molar-refractivity contribution < 1.29 is 19.4 Å². The Hall–Kier alpha value is -2.99. The molecule has 47 heavy (non-hydrogen) atoms. The van der Waals surface area contributed by atoms with Crippen molar-refractivity contribution in [3.8, 4) is 17.2 Å². The van der Waals surface area contributed by atoms with Crippen LogP contribution in [-0.4, -0.2) is 65.7 Å². The van der Waals surface area contributed by atoms with E-state index in [1.54, 1.807) is 13.2 Å². The molecule has 5 aliphatic rings. The van der Waals surface area contributed by atoms with E-state index in [1.807, 2.05) is 6.08 Å². The lowest BCUT2D eigenvalue weighted by molar-refractivity contribution is -0.144. The molecule has 5 atom stereocenters. The van der Waals surface area contributed by atoms with E-state index in [4.69, 9.17) is 9.47 Å². The fraction of sp³-hybridized carbons (Fsp3) is 0.634. The third kappa shape index (κ3) is 6.09. The number of hydrogen-bond acceptors (Lipinski definition) is 5. The predicted molar refractivity (Wildman–Crippen MR) is 187 cm³/mol. The molecule has 7 rings (SSSR count). The van der Waals surface area contributed by atoms with Crippen molar-refractivity contribution >= 4 is 5.91 Å². The second-order valence-corrected chi connectivity index (χ2v) is 15.2. The average Bonchev–Trinajstić information content (AvgIpc) is 3.44. The van der Waals surface area contributed by atoms with Gasteiger partial charge >= 0.3 is 0 Å². The monoisotopic (exact) mass is 640 g/mol. The van der Waals surface area contributed by atoms with Crippen molar-refractivity contribution in [1.29, 1.82) is 0 Å². The summed E-state index contributed by atoms with van der Waals surface area (Å²) in [5, 5.41) is 11.3. The molecule has 2 aromatic carbocycles. The summed E-state index contributed by atoms with van der Waals surface area (Å²) in [6.07, 6.45) is 19.6. The summed E-state index contributed by atoms with van der Waals surface area (Å²) in [4.78, 5) is 19.3. The van der Waals surface area contributed by atoms with Crippen molar-refractivity contribution in [2.24, 2.45) is 11.8 Å². The molecule has 0 radical (unpaired) electrons. The Morgan fingerprint density at radius 3 is 2.66 bits per heavy atom. The van der Waals surface area contributed by atoms with E-state index >= 15 is 0 Å². The van der Waals surface area contributed by atoms with Gasteiger partial charge < -0.3 is 19.5 Å². The highest BCUT2D eigenvalue weighted by atomic mass is 16.5. The van der Waals surface area contributed by atoms with Crippen molar-refractivity contribution in [1.82, 2.24) is 9.80 Å². The van der Waals surface area contributed by atoms with Crippen LogP contribution < -0.4 is 9.47 Å². The highest BCUT2D eigenvalue weighted by Crippen LogP contribution is 2.65. The standard InChI is InChI=1S/C41H56N2O4/c1-3-24-42-25-23-41-32-21-22-33(40(41)47-39-36(46-2)27-35(44)31(38(39)41)26-34(32)42)43(28-30-18-12-8-13-19-30)37(45)20-14-6-4-5-9-15-29-16-10-7-11-17-29/h3,7,10-11,16-17,27,30,32-34,40,44H,1,4-6,8-9,12-15,18-26,28H2,2H3/t32-,33-,34+,40-,41-/m0/s1. The van der Waals surface area contributed by atoms with Gasteiger partial charge in [-0.1, -0.05) is 74.9 Å². The molecule has 6 heteroatoms. The van der Waals surface area contributed by atoms with Gasteiger partial charge in [0.2, 0.25) is 5.91 Å². The number of benzene rings is 2. The summed E-state index contributed by atoms with van der Waals surface area (Å²) in [6, 6.07) is 12.9. The van der Waals surface area contributed by atoms with Crippen LogP contribution in [0.5, 0.6) is 17.2 Å². The fourth-order valence-corrected chi connectivity index (χ4v) is 10.5. The number of amides is 1. The van der Waals surface area contributed by atoms with Gasteiger partial charge in [0.15, 0.2) is 11.5 Å². The summed E-state index contributed by atoms with van der Waals surface area (Å²) in [5.41, 5.74) is 3.45. The third-order valence-corrected chi connectivity index (χ3v) is 12.7. The first-order valence-corrected chi connectivity index (χ1v) is 18.8. The third-order valence-electron chi connectivity index (χ3n) is 12.7. The second-order valence-electron chi connectivity index (χ2n) is 15.2. The lowest BCUT2D eigenvalue weighted by atomic mass is 9.50. The van der Waals surface area contributed by atoms with Gasteiger partial charge in [0, 0.05) is 48.2 Å². The topological polar surface area (TPSA) is 62.2 Å². The first kappa shape index (κ1) is 32.6. The lowest BCUT2D eigenvalue weighted by Crippen LogP contribution is -2.69. The van der Waals surface area contributed by atoms with Crippen molar-refractivity contribution in [3.05, 3.63) is 65.7 Å². The van der Waals surface area contributed by atoms with Gasteiger partial charge in [0.05, 0.1) is 13.2 Å². The quantitative estimate of drug-likeness (QED) is 0.168. The maximum atomic E-state index is 14.4. The first-order valence-electron chi connectivity index (χ1n) is 18.8. The Morgan fingerprint density at radius 2 is 1.87 bits per heavy atom. The molecule has 2 saturated carbocycles. The number of carbonyl (C=O) groups excluding carboxylic acids is 1. The van der Waals surface area contributed by atoms with E-state index in [9.17, 15) is 9.90 Å². The van der Waals surface area contributed by atoms with E-state index in [-0.39, 0.29) is 17.6 Å². The molecule has 254 valence electrons. The molecule has 2 bridgehead atoms. The second kappa shape index (κ2) is 14.2. The lowest BCUT2D eigenvalue weighted by Gasteiger charge is -2.60. The number of phenolic OH excluding ortho intramolecular Hbond substituents is 1. The Balaban J connectivity index is 1.11. The largest absolute Gasteiger partial charge is 0.508 e. The number of rotatable bonds is 14. The average molecular weight is 641 g/mol. The summed E-state index contributed by atoms with van der Waals surface area (Å²) < 4.78 is 13.0. The predicted octanol–water partition coefficient (Wildman–Crippen LogP) is 7.99. The molecule has 2 heterocycles. The molecule has 6 nitrogen and oxygen atoms in total. The summed E-state index contributed by atoms with van der Waals surface area (Å²) in [5.74, 6) is 3.12. The molecule has 2 aliphatic heterocycles. The molecule has 0 unspecified atom stereocenters. The summed E-state index contributed by atoms with van der Waals surface area (Å²) >= 11 is 0. The minimum Gasteiger partial charge on any atom is -0.508 e. The van der Waals surface area contributed by atoms with E-state index in [1.165, 1.54) is 62.5 Å². The number of likely N-dealkylation sites (tertiary alicyclic amines) is 1. The number of nitrogens with zero attached hydrogens (tertiary/aromatic N) is 2. The normalized spacial score (nSPS) is 27.9. The molecule has 1 spiro atoms. The Kier molecular flexibility index (Phi) is 9.86. The van der Waals surface area contributed by atoms with Gasteiger partial charge in [-0.25, -0.2) is 0 Å². The minimum atomic E-state index is -0.204. The van der Waals surface area contributed by atoms with Crippen molar-refractivity contribution in [3.63, 3.8) is 0 Å². The fourth-order valence-electron chi connectivity index (χ4n) is 10.5. The summed E-state index contributed by atoms with van der Waals surface area (Å²) in [6.45, 7) is 6.77. The molecule has 1 N–H and O–H groups in total. The number of ether oxygens (including phenoxy) is 2. The van der Waals surface area contributed by atoms with Gasteiger partial charge in [-0.3, -0.25) is 9.69 Å². The maximum absolute atomic E-state index is 14.4. The van der Waals surface area contributed by atoms with Crippen LogP contribution in [0.2, 0.25) is 0 Å². The van der Waals surface area contributed by atoms with E-state index in [0.717, 1.165) is 75.9 Å². The van der Waals surface area contributed by atoms with Crippen LogP contribution in [0.3, 0.4) is 0 Å². The Bertz CT molecular complexity index is 1400. The van der Waals surface area contributed by atoms with Gasteiger partial charge in [-0.15, -0.1) is 6.58 Å². The number of aryl methyl sites for hydroxylation is 1. The van der Waals surface area contributed by atoms with Crippen LogP contribution >= 0.6 is 0 Å². The maximum Gasteiger partial charge on any atom is 0.222 e. The molecule has 1 saturated heterocycles. The number of unbranched alkanes of at least 4 members (excludes halogenated alkanes) is 4. The van der Waals surface area contributed by atoms with Gasteiger partial charge in [0.1, 0.15) is 11.9 Å². The van der Waals surface area contributed by atoms with Crippen molar-refractivity contribution in [2.45, 2.75) is 126 Å². The van der Waals surface area contributed by atoms with E-state index in [2.05, 4.69) is 46.7 Å². The van der Waals surface area contributed by atoms with Crippen LogP contribution in [-0.2, 0) is 23.1 Å². The number of aromatic hydroxyl groups is 1. The number of piperidine rings is 1. The van der Waals surface area contributed by atoms with Gasteiger partial charge in [-0.2, -0.15) is 0 Å². The SMILES string of the molecule is C=CCN1CC[C@]23c4c5c(O)cc(OC)c4O[C@H]2[C@@H](N(CC2CCCCC2)C(=O)CCCCCCCc2ccccc2)CC[C@H]3[C@H]1C5. The number of carbonyl (C=O) groups is 1. The zero-order valence-corrected chi connectivity index (χ0v) is 28.6. The van der Waals surface area contributed by atoms with Gasteiger partial charge in [-0.05, 0) is 81.7 Å². The highest BCUT2D eigenvalue weighted by Gasteiger charge is 2.67. The van der Waals surface area contributed by atoms with Crippen LogP contribution in [0.1, 0.15) is 107 Å². The van der Waals surface area contributed by atoms with Crippen LogP contribution in [0.15, 0.2) is 49.1 Å². The molecular formula is C41H56N2O4. The van der Waals surface area contributed by atoms with Crippen LogP contribution in [0.4, 0.5) is 0 Å². The molecule has 3 fully saturated rings. The summed E-state index contributed by atoms with van der Waals surface area (Å²) in [7, 11) is 1.68. The van der Waals surface area contributed by atoms with Crippen LogP contribution in [0, 0.1) is 11.8 Å². The molecule has 2 aromatic rings. The number of phenols is 1. The number of hydrogen-bond donors (Lipinski definition) is 1. The first-order chi connectivity index (χ1) is 23.0. The number of methoxy groups -OCH3 is 1. The highest BCUT2D eigenvalue weighted by molar-refractivity contribution is 5.77. The van der Waals surface area contributed by atoms with E-state index < -0.39 is 0 Å². The Morgan fingerprint density at radius 1 is 1.09 bits per heavy atom. The zero-order chi connectivity index (χ0) is 32.4. The van der Waals surface area contributed by atoms with Crippen molar-refractivity contribution in [2.75, 3.05) is 26.7 Å². The zero-order valence-electron chi connectivity index (χ0n) is 28.6. The molecule has 3 aliphatic carbocycles. The Labute approximate surface area is 282 Å². The van der Waals surface area contributed by atoms with Crippen LogP contribution in [0.25, 0.3) is 0 Å². The molecule has 0 aromatic heterocycles.